The van der Waals surface area contributed by atoms with Gasteiger partial charge >= 0.3 is 0 Å². The van der Waals surface area contributed by atoms with Crippen molar-refractivity contribution in [2.45, 2.75) is 32.3 Å². The van der Waals surface area contributed by atoms with Gasteiger partial charge < -0.3 is 10.4 Å². The Labute approximate surface area is 141 Å². The number of anilines is 1. The second-order valence-electron chi connectivity index (χ2n) is 6.26. The van der Waals surface area contributed by atoms with E-state index in [2.05, 4.69) is 5.32 Å². The summed E-state index contributed by atoms with van der Waals surface area (Å²) in [7, 11) is -3.40. The Morgan fingerprint density at radius 2 is 2.09 bits per heavy atom. The van der Waals surface area contributed by atoms with Crippen molar-refractivity contribution in [2.75, 3.05) is 23.1 Å². The van der Waals surface area contributed by atoms with Crippen LogP contribution in [0, 0.1) is 0 Å². The topological polar surface area (TPSA) is 86.7 Å². The SMILES string of the molecule is CC(C)(O)CNC(=O)c1ccc(Cl)c(N2CCCCS2(=O)=O)c1. The number of halogens is 1. The van der Waals surface area contributed by atoms with E-state index in [0.717, 1.165) is 6.42 Å². The highest BCUT2D eigenvalue weighted by Gasteiger charge is 2.28. The molecule has 23 heavy (non-hydrogen) atoms. The van der Waals surface area contributed by atoms with Crippen LogP contribution in [0.25, 0.3) is 0 Å². The predicted octanol–water partition coefficient (Wildman–Crippen LogP) is 1.77. The van der Waals surface area contributed by atoms with E-state index in [0.29, 0.717) is 24.2 Å². The highest BCUT2D eigenvalue weighted by Crippen LogP contribution is 2.31. The number of nitrogens with one attached hydrogen (secondary N) is 1. The van der Waals surface area contributed by atoms with E-state index in [1.807, 2.05) is 0 Å². The number of hydrogen-bond acceptors (Lipinski definition) is 4. The molecular formula is C15H21ClN2O4S. The van der Waals surface area contributed by atoms with Crippen LogP contribution in [0.5, 0.6) is 0 Å². The largest absolute Gasteiger partial charge is 0.389 e. The number of sulfonamides is 1. The van der Waals surface area contributed by atoms with Crippen LogP contribution >= 0.6 is 11.6 Å². The maximum absolute atomic E-state index is 12.2. The summed E-state index contributed by atoms with van der Waals surface area (Å²) in [5.74, 6) is -0.308. The van der Waals surface area contributed by atoms with E-state index in [9.17, 15) is 18.3 Å². The molecule has 2 rings (SSSR count). The molecule has 0 saturated carbocycles. The average molecular weight is 361 g/mol. The van der Waals surface area contributed by atoms with Crippen LogP contribution in [-0.2, 0) is 10.0 Å². The van der Waals surface area contributed by atoms with Crippen molar-refractivity contribution in [3.8, 4) is 0 Å². The summed E-state index contributed by atoms with van der Waals surface area (Å²) in [6, 6.07) is 4.52. The Kier molecular flexibility index (Phi) is 5.23. The number of benzene rings is 1. The summed E-state index contributed by atoms with van der Waals surface area (Å²) in [6.45, 7) is 3.62. The summed E-state index contributed by atoms with van der Waals surface area (Å²) >= 11 is 6.13. The molecule has 1 aliphatic heterocycles. The van der Waals surface area contributed by atoms with Crippen LogP contribution in [0.1, 0.15) is 37.0 Å². The maximum Gasteiger partial charge on any atom is 0.251 e. The van der Waals surface area contributed by atoms with Crippen molar-refractivity contribution < 1.29 is 18.3 Å². The fraction of sp³-hybridized carbons (Fsp3) is 0.533. The van der Waals surface area contributed by atoms with Gasteiger partial charge in [-0.25, -0.2) is 8.42 Å². The van der Waals surface area contributed by atoms with Crippen LogP contribution in [0.15, 0.2) is 18.2 Å². The molecule has 1 aromatic rings. The van der Waals surface area contributed by atoms with Gasteiger partial charge in [0.2, 0.25) is 10.0 Å². The van der Waals surface area contributed by atoms with E-state index in [1.54, 1.807) is 13.8 Å². The quantitative estimate of drug-likeness (QED) is 0.856. The molecule has 0 aromatic heterocycles. The molecule has 0 bridgehead atoms. The lowest BCUT2D eigenvalue weighted by Gasteiger charge is -2.29. The zero-order chi connectivity index (χ0) is 17.3. The molecule has 128 valence electrons. The van der Waals surface area contributed by atoms with Crippen molar-refractivity contribution in [1.82, 2.24) is 5.32 Å². The molecule has 8 heteroatoms. The van der Waals surface area contributed by atoms with Crippen LogP contribution in [-0.4, -0.2) is 43.9 Å². The molecule has 1 aromatic carbocycles. The minimum absolute atomic E-state index is 0.0818. The lowest BCUT2D eigenvalue weighted by Crippen LogP contribution is -2.39. The van der Waals surface area contributed by atoms with Gasteiger partial charge in [-0.05, 0) is 44.9 Å². The van der Waals surface area contributed by atoms with E-state index in [-0.39, 0.29) is 23.2 Å². The van der Waals surface area contributed by atoms with E-state index >= 15 is 0 Å². The van der Waals surface area contributed by atoms with Crippen molar-refractivity contribution in [2.24, 2.45) is 0 Å². The Balaban J connectivity index is 2.27. The number of aliphatic hydroxyl groups is 1. The second kappa shape index (κ2) is 6.67. The molecule has 0 spiro atoms. The average Bonchev–Trinajstić information content (AvgIpc) is 2.44. The van der Waals surface area contributed by atoms with Gasteiger partial charge in [0.05, 0.1) is 22.1 Å². The Morgan fingerprint density at radius 1 is 1.39 bits per heavy atom. The fourth-order valence-electron chi connectivity index (χ4n) is 2.30. The predicted molar refractivity (Wildman–Crippen MR) is 90.4 cm³/mol. The molecule has 0 radical (unpaired) electrons. The number of carbonyl (C=O) groups is 1. The third kappa shape index (κ3) is 4.59. The van der Waals surface area contributed by atoms with Crippen LogP contribution in [0.2, 0.25) is 5.02 Å². The lowest BCUT2D eigenvalue weighted by molar-refractivity contribution is 0.0694. The first kappa shape index (κ1) is 18.0. The van der Waals surface area contributed by atoms with Crippen molar-refractivity contribution in [3.63, 3.8) is 0 Å². The van der Waals surface area contributed by atoms with Gasteiger partial charge in [-0.3, -0.25) is 9.10 Å². The number of hydrogen-bond donors (Lipinski definition) is 2. The van der Waals surface area contributed by atoms with Crippen molar-refractivity contribution in [3.05, 3.63) is 28.8 Å². The molecule has 0 atom stereocenters. The van der Waals surface area contributed by atoms with E-state index < -0.39 is 15.6 Å². The molecule has 6 nitrogen and oxygen atoms in total. The molecule has 1 aliphatic rings. The van der Waals surface area contributed by atoms with Gasteiger partial charge in [0.15, 0.2) is 0 Å². The van der Waals surface area contributed by atoms with Crippen molar-refractivity contribution >= 4 is 33.2 Å². The Hall–Kier alpha value is -1.31. The fourth-order valence-corrected chi connectivity index (χ4v) is 4.22. The second-order valence-corrected chi connectivity index (χ2v) is 8.68. The first-order valence-electron chi connectivity index (χ1n) is 7.41. The standard InChI is InChI=1S/C15H21ClN2O4S/c1-15(2,20)10-17-14(19)11-5-6-12(16)13(9-11)18-7-3-4-8-23(18,21)22/h5-6,9,20H,3-4,7-8,10H2,1-2H3,(H,17,19). The lowest BCUT2D eigenvalue weighted by atomic mass is 10.1. The third-order valence-corrected chi connectivity index (χ3v) is 5.68. The molecule has 1 amide bonds. The highest BCUT2D eigenvalue weighted by atomic mass is 35.5. The third-order valence-electron chi connectivity index (χ3n) is 3.51. The summed E-state index contributed by atoms with van der Waals surface area (Å²) in [6.07, 6.45) is 1.38. The van der Waals surface area contributed by atoms with Crippen LogP contribution < -0.4 is 9.62 Å². The molecule has 1 heterocycles. The molecule has 0 aliphatic carbocycles. The van der Waals surface area contributed by atoms with Gasteiger partial charge in [-0.2, -0.15) is 0 Å². The van der Waals surface area contributed by atoms with Crippen LogP contribution in [0.4, 0.5) is 5.69 Å². The molecule has 1 fully saturated rings. The number of nitrogens with zero attached hydrogens (tertiary/aromatic N) is 1. The van der Waals surface area contributed by atoms with Gasteiger partial charge in [-0.15, -0.1) is 0 Å². The van der Waals surface area contributed by atoms with Gasteiger partial charge in [0, 0.05) is 18.7 Å². The molecule has 0 unspecified atom stereocenters. The summed E-state index contributed by atoms with van der Waals surface area (Å²) in [5.41, 5.74) is -0.405. The first-order valence-corrected chi connectivity index (χ1v) is 9.39. The maximum atomic E-state index is 12.2. The van der Waals surface area contributed by atoms with Crippen molar-refractivity contribution in [1.29, 1.82) is 0 Å². The zero-order valence-electron chi connectivity index (χ0n) is 13.2. The molecular weight excluding hydrogens is 340 g/mol. The first-order chi connectivity index (χ1) is 10.6. The number of carbonyl (C=O) groups excluding carboxylic acids is 1. The normalized spacial score (nSPS) is 17.8. The summed E-state index contributed by atoms with van der Waals surface area (Å²) in [5, 5.41) is 12.6. The van der Waals surface area contributed by atoms with E-state index in [1.165, 1.54) is 22.5 Å². The highest BCUT2D eigenvalue weighted by molar-refractivity contribution is 7.92. The van der Waals surface area contributed by atoms with E-state index in [4.69, 9.17) is 11.6 Å². The number of amides is 1. The Morgan fingerprint density at radius 3 is 2.70 bits per heavy atom. The molecule has 1 saturated heterocycles. The minimum Gasteiger partial charge on any atom is -0.389 e. The molecule has 2 N–H and O–H groups in total. The monoisotopic (exact) mass is 360 g/mol. The van der Waals surface area contributed by atoms with Gasteiger partial charge in [-0.1, -0.05) is 11.6 Å². The summed E-state index contributed by atoms with van der Waals surface area (Å²) in [4.78, 5) is 12.2. The summed E-state index contributed by atoms with van der Waals surface area (Å²) < 4.78 is 25.7. The smallest absolute Gasteiger partial charge is 0.251 e. The minimum atomic E-state index is -3.40. The Bertz CT molecular complexity index is 698. The zero-order valence-corrected chi connectivity index (χ0v) is 14.7. The van der Waals surface area contributed by atoms with Gasteiger partial charge in [0.1, 0.15) is 0 Å². The van der Waals surface area contributed by atoms with Gasteiger partial charge in [0.25, 0.3) is 5.91 Å². The van der Waals surface area contributed by atoms with Crippen LogP contribution in [0.3, 0.4) is 0 Å². The number of rotatable bonds is 4.